The fourth-order valence-corrected chi connectivity index (χ4v) is 1.29. The molecule has 1 aromatic heterocycles. The topological polar surface area (TPSA) is 50.3 Å². The number of rotatable bonds is 1. The first-order chi connectivity index (χ1) is 6.29. The average Bonchev–Trinajstić information content (AvgIpc) is 2.48. The lowest BCUT2D eigenvalue weighted by molar-refractivity contribution is -0.121. The molecule has 0 aliphatic carbocycles. The number of pyridine rings is 1. The van der Waals surface area contributed by atoms with Crippen LogP contribution in [0.4, 0.5) is 5.69 Å². The summed E-state index contributed by atoms with van der Waals surface area (Å²) in [5.41, 5.74) is 0.440. The molecule has 1 aliphatic rings. The maximum absolute atomic E-state index is 11.2. The summed E-state index contributed by atoms with van der Waals surface area (Å²) in [6.45, 7) is 0. The van der Waals surface area contributed by atoms with Crippen LogP contribution in [0.5, 0.6) is 0 Å². The van der Waals surface area contributed by atoms with E-state index in [1.165, 1.54) is 0 Å². The molecule has 0 atom stereocenters. The first kappa shape index (κ1) is 7.91. The third-order valence-corrected chi connectivity index (χ3v) is 1.89. The fraction of sp³-hybridized carbons (Fsp3) is 0.222. The maximum Gasteiger partial charge on any atom is 0.234 e. The maximum atomic E-state index is 11.2. The van der Waals surface area contributed by atoms with Crippen LogP contribution in [0.3, 0.4) is 0 Å². The van der Waals surface area contributed by atoms with Crippen LogP contribution in [-0.2, 0) is 9.59 Å². The highest BCUT2D eigenvalue weighted by atomic mass is 16.2. The van der Waals surface area contributed by atoms with Crippen molar-refractivity contribution in [2.75, 3.05) is 4.90 Å². The summed E-state index contributed by atoms with van der Waals surface area (Å²) in [5.74, 6) is -0.344. The van der Waals surface area contributed by atoms with Gasteiger partial charge in [-0.2, -0.15) is 0 Å². The van der Waals surface area contributed by atoms with Crippen LogP contribution in [0.1, 0.15) is 12.8 Å². The van der Waals surface area contributed by atoms with Gasteiger partial charge in [0.1, 0.15) is 6.20 Å². The number of hydrogen-bond donors (Lipinski definition) is 0. The number of imide groups is 1. The number of carbonyl (C=O) groups is 2. The molecule has 1 radical (unpaired) electrons. The molecule has 1 fully saturated rings. The summed E-state index contributed by atoms with van der Waals surface area (Å²) in [4.78, 5) is 27.3. The summed E-state index contributed by atoms with van der Waals surface area (Å²) < 4.78 is 0. The molecule has 2 heterocycles. The van der Waals surface area contributed by atoms with Crippen LogP contribution in [0, 0.1) is 6.20 Å². The fourth-order valence-electron chi connectivity index (χ4n) is 1.29. The Morgan fingerprint density at radius 1 is 1.31 bits per heavy atom. The zero-order valence-corrected chi connectivity index (χ0v) is 6.86. The van der Waals surface area contributed by atoms with Crippen molar-refractivity contribution < 1.29 is 9.59 Å². The molecule has 1 aliphatic heterocycles. The minimum atomic E-state index is -0.172. The minimum absolute atomic E-state index is 0.172. The molecule has 0 unspecified atom stereocenters. The van der Waals surface area contributed by atoms with E-state index in [0.29, 0.717) is 18.5 Å². The predicted molar refractivity (Wildman–Crippen MR) is 44.8 cm³/mol. The molecule has 0 bridgehead atoms. The third kappa shape index (κ3) is 1.30. The van der Waals surface area contributed by atoms with Gasteiger partial charge in [-0.3, -0.25) is 14.6 Å². The van der Waals surface area contributed by atoms with Gasteiger partial charge in [0.05, 0.1) is 5.69 Å². The van der Waals surface area contributed by atoms with Gasteiger partial charge in [-0.1, -0.05) is 0 Å². The summed E-state index contributed by atoms with van der Waals surface area (Å²) in [6, 6.07) is 3.32. The molecule has 0 spiro atoms. The van der Waals surface area contributed by atoms with Crippen LogP contribution in [0.2, 0.25) is 0 Å². The third-order valence-electron chi connectivity index (χ3n) is 1.89. The van der Waals surface area contributed by atoms with E-state index in [4.69, 9.17) is 0 Å². The van der Waals surface area contributed by atoms with Crippen LogP contribution in [0.15, 0.2) is 18.3 Å². The van der Waals surface area contributed by atoms with Crippen molar-refractivity contribution in [2.24, 2.45) is 0 Å². The smallest absolute Gasteiger partial charge is 0.234 e. The second-order valence-corrected chi connectivity index (χ2v) is 2.76. The van der Waals surface area contributed by atoms with Crippen LogP contribution in [-0.4, -0.2) is 16.8 Å². The van der Waals surface area contributed by atoms with E-state index >= 15 is 0 Å². The Labute approximate surface area is 75.2 Å². The van der Waals surface area contributed by atoms with E-state index in [-0.39, 0.29) is 11.8 Å². The van der Waals surface area contributed by atoms with Crippen LogP contribution >= 0.6 is 0 Å². The van der Waals surface area contributed by atoms with Gasteiger partial charge in [0, 0.05) is 19.0 Å². The molecule has 4 heteroatoms. The number of hydrogen-bond acceptors (Lipinski definition) is 3. The van der Waals surface area contributed by atoms with Crippen LogP contribution in [0.25, 0.3) is 0 Å². The molecule has 2 amide bonds. The summed E-state index contributed by atoms with van der Waals surface area (Å²) in [5, 5.41) is 0. The normalized spacial score (nSPS) is 16.8. The standard InChI is InChI=1S/C9H7N2O2/c12-8-3-4-9(13)11(8)7-2-1-5-10-6-7/h1-2,5H,3-4H2. The van der Waals surface area contributed by atoms with Crippen molar-refractivity contribution in [2.45, 2.75) is 12.8 Å². The summed E-state index contributed by atoms with van der Waals surface area (Å²) in [6.07, 6.45) is 4.74. The summed E-state index contributed by atoms with van der Waals surface area (Å²) in [7, 11) is 0. The SMILES string of the molecule is O=C1CCC(=O)N1c1[c]nccc1. The highest BCUT2D eigenvalue weighted by Crippen LogP contribution is 2.20. The van der Waals surface area contributed by atoms with Gasteiger partial charge in [0.2, 0.25) is 11.8 Å². The van der Waals surface area contributed by atoms with E-state index in [1.54, 1.807) is 18.3 Å². The molecule has 0 aromatic carbocycles. The van der Waals surface area contributed by atoms with Crippen molar-refractivity contribution in [3.63, 3.8) is 0 Å². The van der Waals surface area contributed by atoms with Crippen molar-refractivity contribution in [3.05, 3.63) is 24.5 Å². The quantitative estimate of drug-likeness (QED) is 0.585. The Bertz CT molecular complexity index is 332. The first-order valence-electron chi connectivity index (χ1n) is 3.97. The van der Waals surface area contributed by atoms with Gasteiger partial charge >= 0.3 is 0 Å². The zero-order valence-electron chi connectivity index (χ0n) is 6.86. The number of nitrogens with zero attached hydrogens (tertiary/aromatic N) is 2. The monoisotopic (exact) mass is 175 g/mol. The van der Waals surface area contributed by atoms with Gasteiger partial charge in [0.15, 0.2) is 0 Å². The molecule has 0 N–H and O–H groups in total. The number of anilines is 1. The molecule has 1 aromatic rings. The Kier molecular flexibility index (Phi) is 1.81. The predicted octanol–water partition coefficient (Wildman–Crippen LogP) is 0.535. The van der Waals surface area contributed by atoms with E-state index < -0.39 is 0 Å². The van der Waals surface area contributed by atoms with Crippen LogP contribution < -0.4 is 4.90 Å². The Morgan fingerprint density at radius 2 is 2.00 bits per heavy atom. The molecule has 13 heavy (non-hydrogen) atoms. The first-order valence-corrected chi connectivity index (χ1v) is 3.97. The van der Waals surface area contributed by atoms with E-state index in [2.05, 4.69) is 11.2 Å². The lowest BCUT2D eigenvalue weighted by Crippen LogP contribution is -2.28. The number of aromatic nitrogens is 1. The molecule has 65 valence electrons. The highest BCUT2D eigenvalue weighted by molar-refractivity contribution is 6.19. The molecule has 4 nitrogen and oxygen atoms in total. The van der Waals surface area contributed by atoms with Gasteiger partial charge < -0.3 is 0 Å². The van der Waals surface area contributed by atoms with Crippen molar-refractivity contribution in [1.29, 1.82) is 0 Å². The lowest BCUT2D eigenvalue weighted by Gasteiger charge is -2.11. The van der Waals surface area contributed by atoms with Gasteiger partial charge in [-0.25, -0.2) is 4.90 Å². The Hall–Kier alpha value is -1.71. The largest absolute Gasteiger partial charge is 0.274 e. The zero-order chi connectivity index (χ0) is 9.26. The lowest BCUT2D eigenvalue weighted by atomic mass is 10.4. The molecular weight excluding hydrogens is 168 g/mol. The van der Waals surface area contributed by atoms with Crippen molar-refractivity contribution in [1.82, 2.24) is 4.98 Å². The van der Waals surface area contributed by atoms with Crippen molar-refractivity contribution >= 4 is 17.5 Å². The molecule has 1 saturated heterocycles. The van der Waals surface area contributed by atoms with Gasteiger partial charge in [-0.05, 0) is 12.1 Å². The molecule has 2 rings (SSSR count). The highest BCUT2D eigenvalue weighted by Gasteiger charge is 2.30. The second-order valence-electron chi connectivity index (χ2n) is 2.76. The van der Waals surface area contributed by atoms with Gasteiger partial charge in [-0.15, -0.1) is 0 Å². The van der Waals surface area contributed by atoms with Gasteiger partial charge in [0.25, 0.3) is 0 Å². The number of carbonyl (C=O) groups excluding carboxylic acids is 2. The summed E-state index contributed by atoms with van der Waals surface area (Å²) >= 11 is 0. The van der Waals surface area contributed by atoms with E-state index in [1.807, 2.05) is 0 Å². The minimum Gasteiger partial charge on any atom is -0.274 e. The van der Waals surface area contributed by atoms with E-state index in [9.17, 15) is 9.59 Å². The Balaban J connectivity index is 2.36. The second kappa shape index (κ2) is 2.97. The molecule has 0 saturated carbocycles. The van der Waals surface area contributed by atoms with Crippen molar-refractivity contribution in [3.8, 4) is 0 Å². The molecular formula is C9H7N2O2. The number of amides is 2. The Morgan fingerprint density at radius 3 is 2.54 bits per heavy atom. The average molecular weight is 175 g/mol. The van der Waals surface area contributed by atoms with E-state index in [0.717, 1.165) is 4.90 Å².